The smallest absolute Gasteiger partial charge is 0.226 e. The number of likely N-dealkylation sites (tertiary alicyclic amines) is 1. The molecule has 0 bridgehead atoms. The van der Waals surface area contributed by atoms with E-state index in [0.717, 1.165) is 25.1 Å². The van der Waals surface area contributed by atoms with Crippen molar-refractivity contribution in [1.82, 2.24) is 4.90 Å². The van der Waals surface area contributed by atoms with Crippen LogP contribution in [0.2, 0.25) is 0 Å². The first kappa shape index (κ1) is 15.4. The summed E-state index contributed by atoms with van der Waals surface area (Å²) >= 11 is 0. The predicted octanol–water partition coefficient (Wildman–Crippen LogP) is 3.48. The summed E-state index contributed by atoms with van der Waals surface area (Å²) in [6.45, 7) is 6.46. The summed E-state index contributed by atoms with van der Waals surface area (Å²) in [7, 11) is 0. The van der Waals surface area contributed by atoms with Crippen LogP contribution in [0.4, 0.5) is 5.69 Å². The molecule has 1 unspecified atom stereocenters. The fourth-order valence-corrected chi connectivity index (χ4v) is 3.68. The highest BCUT2D eigenvalue weighted by Gasteiger charge is 2.21. The minimum Gasteiger partial charge on any atom is -0.372 e. The summed E-state index contributed by atoms with van der Waals surface area (Å²) in [5.41, 5.74) is 2.45. The van der Waals surface area contributed by atoms with E-state index < -0.39 is 0 Å². The molecule has 2 aliphatic heterocycles. The van der Waals surface area contributed by atoms with Gasteiger partial charge in [0.15, 0.2) is 0 Å². The number of carbonyl (C=O) groups is 1. The molecule has 0 N–H and O–H groups in total. The molecule has 2 fully saturated rings. The lowest BCUT2D eigenvalue weighted by Crippen LogP contribution is -2.39. The normalized spacial score (nSPS) is 22.7. The first-order valence-electron chi connectivity index (χ1n) is 8.84. The van der Waals surface area contributed by atoms with Crippen molar-refractivity contribution < 1.29 is 4.79 Å². The van der Waals surface area contributed by atoms with Crippen molar-refractivity contribution in [3.05, 3.63) is 29.8 Å². The Morgan fingerprint density at radius 3 is 2.45 bits per heavy atom. The zero-order chi connectivity index (χ0) is 15.4. The highest BCUT2D eigenvalue weighted by Crippen LogP contribution is 2.21. The average Bonchev–Trinajstić information content (AvgIpc) is 2.56. The predicted molar refractivity (Wildman–Crippen MR) is 91.2 cm³/mol. The molecule has 2 aliphatic rings. The number of piperidine rings is 2. The SMILES string of the molecule is CC1CCCN(C(=O)Cc2ccc(N3CCCCC3)cc2)C1. The Hall–Kier alpha value is -1.51. The molecule has 3 nitrogen and oxygen atoms in total. The molecule has 0 aliphatic carbocycles. The zero-order valence-electron chi connectivity index (χ0n) is 13.8. The summed E-state index contributed by atoms with van der Waals surface area (Å²) < 4.78 is 0. The monoisotopic (exact) mass is 300 g/mol. The van der Waals surface area contributed by atoms with Gasteiger partial charge >= 0.3 is 0 Å². The average molecular weight is 300 g/mol. The van der Waals surface area contributed by atoms with Crippen molar-refractivity contribution in [2.24, 2.45) is 5.92 Å². The van der Waals surface area contributed by atoms with Crippen LogP contribution in [0, 0.1) is 5.92 Å². The van der Waals surface area contributed by atoms with Crippen LogP contribution in [0.15, 0.2) is 24.3 Å². The molecule has 0 radical (unpaired) electrons. The molecule has 3 rings (SSSR count). The van der Waals surface area contributed by atoms with E-state index in [9.17, 15) is 4.79 Å². The van der Waals surface area contributed by atoms with Gasteiger partial charge in [-0.1, -0.05) is 19.1 Å². The van der Waals surface area contributed by atoms with Gasteiger partial charge in [-0.05, 0) is 55.7 Å². The molecular weight excluding hydrogens is 272 g/mol. The number of benzene rings is 1. The maximum atomic E-state index is 12.4. The summed E-state index contributed by atoms with van der Waals surface area (Å²) in [6.07, 6.45) is 6.92. The molecule has 2 heterocycles. The Labute approximate surface area is 134 Å². The fraction of sp³-hybridized carbons (Fsp3) is 0.632. The van der Waals surface area contributed by atoms with E-state index in [-0.39, 0.29) is 5.91 Å². The molecule has 0 saturated carbocycles. The van der Waals surface area contributed by atoms with Crippen molar-refractivity contribution in [3.63, 3.8) is 0 Å². The number of nitrogens with zero attached hydrogens (tertiary/aromatic N) is 2. The van der Waals surface area contributed by atoms with Crippen LogP contribution in [0.3, 0.4) is 0 Å². The second-order valence-electron chi connectivity index (χ2n) is 6.98. The van der Waals surface area contributed by atoms with Gasteiger partial charge in [0.1, 0.15) is 0 Å². The number of carbonyl (C=O) groups excluding carboxylic acids is 1. The molecule has 22 heavy (non-hydrogen) atoms. The van der Waals surface area contributed by atoms with E-state index in [2.05, 4.69) is 36.1 Å². The molecule has 120 valence electrons. The van der Waals surface area contributed by atoms with Crippen molar-refractivity contribution in [1.29, 1.82) is 0 Å². The van der Waals surface area contributed by atoms with E-state index in [1.807, 2.05) is 4.90 Å². The summed E-state index contributed by atoms with van der Waals surface area (Å²) in [5.74, 6) is 0.941. The first-order valence-corrected chi connectivity index (χ1v) is 8.84. The van der Waals surface area contributed by atoms with E-state index in [1.165, 1.54) is 44.5 Å². The maximum absolute atomic E-state index is 12.4. The van der Waals surface area contributed by atoms with Crippen molar-refractivity contribution in [2.45, 2.75) is 45.4 Å². The van der Waals surface area contributed by atoms with Gasteiger partial charge in [0, 0.05) is 31.9 Å². The summed E-state index contributed by atoms with van der Waals surface area (Å²) in [5, 5.41) is 0. The molecule has 1 atom stereocenters. The Bertz CT molecular complexity index is 491. The van der Waals surface area contributed by atoms with Gasteiger partial charge in [-0.25, -0.2) is 0 Å². The van der Waals surface area contributed by atoms with Crippen LogP contribution in [-0.2, 0) is 11.2 Å². The number of amides is 1. The lowest BCUT2D eigenvalue weighted by atomic mass is 9.99. The summed E-state index contributed by atoms with van der Waals surface area (Å²) in [4.78, 5) is 16.9. The number of hydrogen-bond donors (Lipinski definition) is 0. The molecule has 1 amide bonds. The van der Waals surface area contributed by atoms with E-state index in [0.29, 0.717) is 12.3 Å². The first-order chi connectivity index (χ1) is 10.7. The molecular formula is C19H28N2O. The standard InChI is InChI=1S/C19H28N2O/c1-16-6-5-13-21(15-16)19(22)14-17-7-9-18(10-8-17)20-11-3-2-4-12-20/h7-10,16H,2-6,11-15H2,1H3. The molecule has 0 aromatic heterocycles. The van der Waals surface area contributed by atoms with Gasteiger partial charge in [0.25, 0.3) is 0 Å². The maximum Gasteiger partial charge on any atom is 0.226 e. The third-order valence-corrected chi connectivity index (χ3v) is 5.02. The Kier molecular flexibility index (Phi) is 5.01. The Morgan fingerprint density at radius 2 is 1.77 bits per heavy atom. The third-order valence-electron chi connectivity index (χ3n) is 5.02. The molecule has 3 heteroatoms. The van der Waals surface area contributed by atoms with Crippen LogP contribution in [-0.4, -0.2) is 37.0 Å². The lowest BCUT2D eigenvalue weighted by molar-refractivity contribution is -0.132. The molecule has 2 saturated heterocycles. The number of rotatable bonds is 3. The van der Waals surface area contributed by atoms with Crippen LogP contribution in [0.1, 0.15) is 44.6 Å². The van der Waals surface area contributed by atoms with Crippen molar-refractivity contribution in [3.8, 4) is 0 Å². The van der Waals surface area contributed by atoms with Crippen molar-refractivity contribution >= 4 is 11.6 Å². The Balaban J connectivity index is 1.57. The van der Waals surface area contributed by atoms with Crippen LogP contribution < -0.4 is 4.90 Å². The minimum absolute atomic E-state index is 0.289. The van der Waals surface area contributed by atoms with Gasteiger partial charge in [0.2, 0.25) is 5.91 Å². The highest BCUT2D eigenvalue weighted by molar-refractivity contribution is 5.79. The highest BCUT2D eigenvalue weighted by atomic mass is 16.2. The quantitative estimate of drug-likeness (QED) is 0.853. The van der Waals surface area contributed by atoms with Gasteiger partial charge < -0.3 is 9.80 Å². The van der Waals surface area contributed by atoms with Gasteiger partial charge in [-0.2, -0.15) is 0 Å². The largest absolute Gasteiger partial charge is 0.372 e. The van der Waals surface area contributed by atoms with E-state index >= 15 is 0 Å². The zero-order valence-corrected chi connectivity index (χ0v) is 13.8. The second kappa shape index (κ2) is 7.17. The Morgan fingerprint density at radius 1 is 1.05 bits per heavy atom. The fourth-order valence-electron chi connectivity index (χ4n) is 3.68. The third kappa shape index (κ3) is 3.82. The molecule has 1 aromatic carbocycles. The number of anilines is 1. The topological polar surface area (TPSA) is 23.6 Å². The van der Waals surface area contributed by atoms with Crippen LogP contribution in [0.5, 0.6) is 0 Å². The molecule has 0 spiro atoms. The minimum atomic E-state index is 0.289. The van der Waals surface area contributed by atoms with Gasteiger partial charge in [-0.3, -0.25) is 4.79 Å². The second-order valence-corrected chi connectivity index (χ2v) is 6.98. The van der Waals surface area contributed by atoms with E-state index in [1.54, 1.807) is 0 Å². The molecule has 1 aromatic rings. The van der Waals surface area contributed by atoms with Crippen molar-refractivity contribution in [2.75, 3.05) is 31.1 Å². The summed E-state index contributed by atoms with van der Waals surface area (Å²) in [6, 6.07) is 8.64. The van der Waals surface area contributed by atoms with Crippen LogP contribution >= 0.6 is 0 Å². The number of hydrogen-bond acceptors (Lipinski definition) is 2. The van der Waals surface area contributed by atoms with E-state index in [4.69, 9.17) is 0 Å². The van der Waals surface area contributed by atoms with Gasteiger partial charge in [0.05, 0.1) is 6.42 Å². The lowest BCUT2D eigenvalue weighted by Gasteiger charge is -2.31. The van der Waals surface area contributed by atoms with Gasteiger partial charge in [-0.15, -0.1) is 0 Å². The van der Waals surface area contributed by atoms with Crippen LogP contribution in [0.25, 0.3) is 0 Å².